The van der Waals surface area contributed by atoms with Crippen molar-refractivity contribution in [3.8, 4) is 11.1 Å². The maximum absolute atomic E-state index is 12.8. The van der Waals surface area contributed by atoms with Gasteiger partial charge in [0.1, 0.15) is 6.61 Å². The molecule has 1 saturated carbocycles. The van der Waals surface area contributed by atoms with E-state index in [-0.39, 0.29) is 29.9 Å². The largest absolute Gasteiger partial charge is 0.481 e. The number of carboxylic acids is 1. The van der Waals surface area contributed by atoms with Crippen molar-refractivity contribution in [2.45, 2.75) is 31.2 Å². The van der Waals surface area contributed by atoms with Crippen LogP contribution in [0.2, 0.25) is 0 Å². The summed E-state index contributed by atoms with van der Waals surface area (Å²) in [5, 5.41) is 9.38. The molecule has 3 aliphatic rings. The van der Waals surface area contributed by atoms with E-state index in [1.54, 1.807) is 4.90 Å². The van der Waals surface area contributed by atoms with E-state index < -0.39 is 5.97 Å². The van der Waals surface area contributed by atoms with Crippen LogP contribution in [0.1, 0.15) is 36.3 Å². The van der Waals surface area contributed by atoms with Gasteiger partial charge in [0.05, 0.1) is 5.92 Å². The van der Waals surface area contributed by atoms with Crippen molar-refractivity contribution in [1.82, 2.24) is 4.90 Å². The number of aliphatic carboxylic acids is 1. The Morgan fingerprint density at radius 2 is 1.61 bits per heavy atom. The Kier molecular flexibility index (Phi) is 4.11. The highest BCUT2D eigenvalue weighted by Crippen LogP contribution is 2.45. The molecule has 5 rings (SSSR count). The van der Waals surface area contributed by atoms with E-state index in [1.807, 2.05) is 24.3 Å². The van der Waals surface area contributed by atoms with Crippen LogP contribution in [0.4, 0.5) is 4.79 Å². The van der Waals surface area contributed by atoms with Crippen LogP contribution in [-0.2, 0) is 9.53 Å². The molecule has 5 heteroatoms. The second-order valence-corrected chi connectivity index (χ2v) is 8.04. The molecule has 2 aliphatic carbocycles. The third-order valence-corrected chi connectivity index (χ3v) is 6.78. The fraction of sp³-hybridized carbons (Fsp3) is 0.391. The van der Waals surface area contributed by atoms with E-state index in [9.17, 15) is 14.7 Å². The molecule has 144 valence electrons. The first-order valence-corrected chi connectivity index (χ1v) is 9.99. The van der Waals surface area contributed by atoms with Crippen LogP contribution in [0.5, 0.6) is 0 Å². The zero-order valence-corrected chi connectivity index (χ0v) is 15.6. The minimum atomic E-state index is -0.734. The summed E-state index contributed by atoms with van der Waals surface area (Å²) in [5.74, 6) is -0.935. The number of carbonyl (C=O) groups is 2. The number of piperidine rings is 1. The van der Waals surface area contributed by atoms with Crippen LogP contribution in [-0.4, -0.2) is 41.3 Å². The van der Waals surface area contributed by atoms with Crippen molar-refractivity contribution in [3.63, 3.8) is 0 Å². The van der Waals surface area contributed by atoms with Crippen LogP contribution >= 0.6 is 0 Å². The fourth-order valence-corrected chi connectivity index (χ4v) is 5.23. The minimum absolute atomic E-state index is 0.0190. The van der Waals surface area contributed by atoms with Crippen molar-refractivity contribution in [2.75, 3.05) is 13.2 Å². The second-order valence-electron chi connectivity index (χ2n) is 8.04. The molecule has 2 aromatic rings. The van der Waals surface area contributed by atoms with Gasteiger partial charge in [-0.3, -0.25) is 4.79 Å². The van der Waals surface area contributed by atoms with Crippen LogP contribution in [0.15, 0.2) is 48.5 Å². The van der Waals surface area contributed by atoms with Crippen molar-refractivity contribution < 1.29 is 19.4 Å². The molecule has 1 heterocycles. The van der Waals surface area contributed by atoms with E-state index in [0.29, 0.717) is 19.6 Å². The zero-order valence-electron chi connectivity index (χ0n) is 15.6. The van der Waals surface area contributed by atoms with E-state index in [2.05, 4.69) is 24.3 Å². The lowest BCUT2D eigenvalue weighted by molar-refractivity contribution is -0.150. The first-order chi connectivity index (χ1) is 13.6. The molecule has 3 atom stereocenters. The van der Waals surface area contributed by atoms with Gasteiger partial charge in [-0.2, -0.15) is 0 Å². The maximum Gasteiger partial charge on any atom is 0.410 e. The number of carbonyl (C=O) groups excluding carboxylic acids is 1. The molecule has 0 bridgehead atoms. The van der Waals surface area contributed by atoms with E-state index in [1.165, 1.54) is 22.3 Å². The number of hydrogen-bond donors (Lipinski definition) is 1. The lowest BCUT2D eigenvalue weighted by Gasteiger charge is -2.50. The number of nitrogens with zero attached hydrogens (tertiary/aromatic N) is 1. The molecule has 0 spiro atoms. The summed E-state index contributed by atoms with van der Waals surface area (Å²) in [6, 6.07) is 16.6. The Balaban J connectivity index is 1.31. The quantitative estimate of drug-likeness (QED) is 0.874. The Labute approximate surface area is 163 Å². The van der Waals surface area contributed by atoms with Gasteiger partial charge in [0.25, 0.3) is 0 Å². The molecule has 1 amide bonds. The highest BCUT2D eigenvalue weighted by molar-refractivity contribution is 5.79. The first-order valence-electron chi connectivity index (χ1n) is 9.99. The summed E-state index contributed by atoms with van der Waals surface area (Å²) in [6.45, 7) is 0.776. The molecule has 0 radical (unpaired) electrons. The maximum atomic E-state index is 12.8. The molecule has 1 saturated heterocycles. The monoisotopic (exact) mass is 377 g/mol. The summed E-state index contributed by atoms with van der Waals surface area (Å²) >= 11 is 0. The molecule has 3 unspecified atom stereocenters. The minimum Gasteiger partial charge on any atom is -0.481 e. The lowest BCUT2D eigenvalue weighted by Crippen LogP contribution is -2.58. The Morgan fingerprint density at radius 3 is 2.18 bits per heavy atom. The number of fused-ring (bicyclic) bond motifs is 4. The molecule has 1 aliphatic heterocycles. The predicted molar refractivity (Wildman–Crippen MR) is 104 cm³/mol. The lowest BCUT2D eigenvalue weighted by atomic mass is 9.67. The van der Waals surface area contributed by atoms with Gasteiger partial charge in [-0.25, -0.2) is 4.79 Å². The van der Waals surface area contributed by atoms with Gasteiger partial charge in [-0.1, -0.05) is 48.5 Å². The standard InChI is InChI=1S/C23H23NO4/c25-22(26)19-11-12-24(21-10-9-18(19)21)23(27)28-13-20-16-7-3-1-5-14(16)15-6-2-4-8-17(15)20/h1-8,18-21H,9-13H2,(H,25,26). The van der Waals surface area contributed by atoms with Gasteiger partial charge in [-0.05, 0) is 47.4 Å². The normalized spacial score (nSPS) is 25.3. The number of benzene rings is 2. The average Bonchev–Trinajstić information content (AvgIpc) is 3.00. The van der Waals surface area contributed by atoms with Crippen molar-refractivity contribution in [1.29, 1.82) is 0 Å². The molecule has 2 aromatic carbocycles. The Hall–Kier alpha value is -2.82. The van der Waals surface area contributed by atoms with Gasteiger partial charge in [0.15, 0.2) is 0 Å². The van der Waals surface area contributed by atoms with E-state index in [4.69, 9.17) is 4.74 Å². The van der Waals surface area contributed by atoms with Gasteiger partial charge >= 0.3 is 12.1 Å². The summed E-state index contributed by atoms with van der Waals surface area (Å²) in [5.41, 5.74) is 4.81. The molecular weight excluding hydrogens is 354 g/mol. The summed E-state index contributed by atoms with van der Waals surface area (Å²) in [7, 11) is 0. The van der Waals surface area contributed by atoms with Crippen LogP contribution < -0.4 is 0 Å². The highest BCUT2D eigenvalue weighted by atomic mass is 16.6. The number of amides is 1. The van der Waals surface area contributed by atoms with E-state index >= 15 is 0 Å². The third-order valence-electron chi connectivity index (χ3n) is 6.78. The van der Waals surface area contributed by atoms with Crippen LogP contribution in [0.25, 0.3) is 11.1 Å². The molecule has 0 aromatic heterocycles. The zero-order chi connectivity index (χ0) is 19.3. The van der Waals surface area contributed by atoms with Gasteiger partial charge in [0, 0.05) is 18.5 Å². The number of hydrogen-bond acceptors (Lipinski definition) is 3. The number of rotatable bonds is 3. The van der Waals surface area contributed by atoms with Gasteiger partial charge in [-0.15, -0.1) is 0 Å². The third kappa shape index (κ3) is 2.60. The topological polar surface area (TPSA) is 66.8 Å². The van der Waals surface area contributed by atoms with Crippen LogP contribution in [0, 0.1) is 11.8 Å². The van der Waals surface area contributed by atoms with Gasteiger partial charge < -0.3 is 14.7 Å². The summed E-state index contributed by atoms with van der Waals surface area (Å²) in [4.78, 5) is 26.0. The summed E-state index contributed by atoms with van der Waals surface area (Å²) in [6.07, 6.45) is 1.97. The number of carboxylic acid groups (broad SMARTS) is 1. The Morgan fingerprint density at radius 1 is 0.964 bits per heavy atom. The number of likely N-dealkylation sites (tertiary alicyclic amines) is 1. The first kappa shape index (κ1) is 17.3. The van der Waals surface area contributed by atoms with Crippen molar-refractivity contribution in [2.24, 2.45) is 11.8 Å². The molecular formula is C23H23NO4. The SMILES string of the molecule is O=C(O)C1CCN(C(=O)OCC2c3ccccc3-c3ccccc32)C2CCC12. The predicted octanol–water partition coefficient (Wildman–Crippen LogP) is 4.12. The molecule has 5 nitrogen and oxygen atoms in total. The average molecular weight is 377 g/mol. The van der Waals surface area contributed by atoms with Crippen LogP contribution in [0.3, 0.4) is 0 Å². The van der Waals surface area contributed by atoms with E-state index in [0.717, 1.165) is 12.8 Å². The Bertz CT molecular complexity index is 894. The highest BCUT2D eigenvalue weighted by Gasteiger charge is 2.48. The van der Waals surface area contributed by atoms with Gasteiger partial charge in [0.2, 0.25) is 0 Å². The molecule has 2 fully saturated rings. The molecule has 28 heavy (non-hydrogen) atoms. The van der Waals surface area contributed by atoms with Crippen molar-refractivity contribution in [3.05, 3.63) is 59.7 Å². The fourth-order valence-electron chi connectivity index (χ4n) is 5.23. The number of ether oxygens (including phenoxy) is 1. The molecule has 1 N–H and O–H groups in total. The van der Waals surface area contributed by atoms with Crippen molar-refractivity contribution >= 4 is 12.1 Å². The smallest absolute Gasteiger partial charge is 0.410 e. The summed E-state index contributed by atoms with van der Waals surface area (Å²) < 4.78 is 5.77. The second kappa shape index (κ2) is 6.66.